The van der Waals surface area contributed by atoms with E-state index < -0.39 is 0 Å². The molecule has 152 valence electrons. The Hall–Kier alpha value is -2.50. The molecule has 0 atom stereocenters. The number of pyridine rings is 2. The minimum absolute atomic E-state index is 0.238. The number of nitrogens with one attached hydrogen (secondary N) is 1. The van der Waals surface area contributed by atoms with Gasteiger partial charge in [-0.3, -0.25) is 9.97 Å². The van der Waals surface area contributed by atoms with Crippen LogP contribution in [-0.4, -0.2) is 35.5 Å². The fraction of sp³-hybridized carbons (Fsp3) is 0.304. The minimum Gasteiger partial charge on any atom is -0.380 e. The van der Waals surface area contributed by atoms with E-state index in [0.717, 1.165) is 53.9 Å². The molecule has 0 aliphatic carbocycles. The molecule has 1 aromatic carbocycles. The SMILES string of the molecule is CN(C)CCCCc1cc(-c2cncc(NCc3cccc(F)c3)c2)c(Cl)cn1. The fourth-order valence-electron chi connectivity index (χ4n) is 3.11. The number of aromatic nitrogens is 2. The maximum Gasteiger partial charge on any atom is 0.123 e. The van der Waals surface area contributed by atoms with Crippen molar-refractivity contribution in [3.8, 4) is 11.1 Å². The first-order valence-electron chi connectivity index (χ1n) is 9.74. The van der Waals surface area contributed by atoms with Gasteiger partial charge in [-0.25, -0.2) is 4.39 Å². The second-order valence-corrected chi connectivity index (χ2v) is 7.77. The number of hydrogen-bond donors (Lipinski definition) is 1. The van der Waals surface area contributed by atoms with Crippen LogP contribution < -0.4 is 5.32 Å². The molecule has 3 aromatic rings. The predicted octanol–water partition coefficient (Wildman–Crippen LogP) is 5.43. The number of rotatable bonds is 9. The lowest BCUT2D eigenvalue weighted by molar-refractivity contribution is 0.394. The van der Waals surface area contributed by atoms with E-state index in [0.29, 0.717) is 11.6 Å². The second-order valence-electron chi connectivity index (χ2n) is 7.36. The Bertz CT molecular complexity index is 946. The van der Waals surface area contributed by atoms with Gasteiger partial charge in [0.2, 0.25) is 0 Å². The van der Waals surface area contributed by atoms with E-state index in [1.54, 1.807) is 24.7 Å². The summed E-state index contributed by atoms with van der Waals surface area (Å²) in [5, 5.41) is 3.90. The lowest BCUT2D eigenvalue weighted by atomic mass is 10.1. The van der Waals surface area contributed by atoms with Crippen molar-refractivity contribution in [3.63, 3.8) is 0 Å². The smallest absolute Gasteiger partial charge is 0.123 e. The zero-order chi connectivity index (χ0) is 20.6. The number of aryl methyl sites for hydroxylation is 1. The van der Waals surface area contributed by atoms with Gasteiger partial charge in [-0.2, -0.15) is 0 Å². The highest BCUT2D eigenvalue weighted by Gasteiger charge is 2.08. The Morgan fingerprint density at radius 2 is 1.93 bits per heavy atom. The van der Waals surface area contributed by atoms with Crippen molar-refractivity contribution >= 4 is 17.3 Å². The molecule has 2 heterocycles. The molecule has 6 heteroatoms. The quantitative estimate of drug-likeness (QED) is 0.475. The molecule has 0 saturated carbocycles. The first-order valence-corrected chi connectivity index (χ1v) is 10.1. The van der Waals surface area contributed by atoms with Crippen molar-refractivity contribution < 1.29 is 4.39 Å². The molecule has 4 nitrogen and oxygen atoms in total. The molecule has 0 aliphatic heterocycles. The Kier molecular flexibility index (Phi) is 7.55. The molecule has 0 radical (unpaired) electrons. The molecule has 3 rings (SSSR count). The van der Waals surface area contributed by atoms with Crippen LogP contribution in [0.25, 0.3) is 11.1 Å². The van der Waals surface area contributed by atoms with E-state index in [9.17, 15) is 4.39 Å². The van der Waals surface area contributed by atoms with Crippen molar-refractivity contribution in [2.24, 2.45) is 0 Å². The molecule has 0 unspecified atom stereocenters. The summed E-state index contributed by atoms with van der Waals surface area (Å²) in [6.45, 7) is 1.59. The molecule has 1 N–H and O–H groups in total. The van der Waals surface area contributed by atoms with E-state index in [4.69, 9.17) is 11.6 Å². The number of benzene rings is 1. The third-order valence-corrected chi connectivity index (χ3v) is 4.94. The van der Waals surface area contributed by atoms with Gasteiger partial charge in [0.15, 0.2) is 0 Å². The summed E-state index contributed by atoms with van der Waals surface area (Å²) in [5.41, 5.74) is 4.60. The summed E-state index contributed by atoms with van der Waals surface area (Å²) in [4.78, 5) is 11.0. The van der Waals surface area contributed by atoms with Crippen LogP contribution in [0.4, 0.5) is 10.1 Å². The van der Waals surface area contributed by atoms with Crippen LogP contribution in [0.15, 0.2) is 55.0 Å². The summed E-state index contributed by atoms with van der Waals surface area (Å²) >= 11 is 6.42. The Morgan fingerprint density at radius 1 is 1.07 bits per heavy atom. The van der Waals surface area contributed by atoms with E-state index >= 15 is 0 Å². The van der Waals surface area contributed by atoms with Crippen LogP contribution in [-0.2, 0) is 13.0 Å². The van der Waals surface area contributed by atoms with Gasteiger partial charge < -0.3 is 10.2 Å². The van der Waals surface area contributed by atoms with Gasteiger partial charge in [0.05, 0.1) is 10.7 Å². The van der Waals surface area contributed by atoms with Gasteiger partial charge in [-0.15, -0.1) is 0 Å². The standard InChI is InChI=1S/C23H26ClFN4/c1-29(2)9-4-3-8-20-12-22(23(24)16-28-20)18-11-21(15-26-14-18)27-13-17-6-5-7-19(25)10-17/h5-7,10-12,14-16,27H,3-4,8-9,13H2,1-2H3. The lowest BCUT2D eigenvalue weighted by Gasteiger charge is -2.11. The lowest BCUT2D eigenvalue weighted by Crippen LogP contribution is -2.12. The minimum atomic E-state index is -0.238. The number of hydrogen-bond acceptors (Lipinski definition) is 4. The average Bonchev–Trinajstić information content (AvgIpc) is 2.71. The van der Waals surface area contributed by atoms with Crippen LogP contribution >= 0.6 is 11.6 Å². The van der Waals surface area contributed by atoms with Gasteiger partial charge in [0.1, 0.15) is 5.82 Å². The van der Waals surface area contributed by atoms with E-state index in [-0.39, 0.29) is 5.82 Å². The second kappa shape index (κ2) is 10.3. The number of unbranched alkanes of at least 4 members (excludes halogenated alkanes) is 1. The summed E-state index contributed by atoms with van der Waals surface area (Å²) in [7, 11) is 4.17. The van der Waals surface area contributed by atoms with Crippen molar-refractivity contribution in [2.75, 3.05) is 26.0 Å². The molecule has 0 amide bonds. The van der Waals surface area contributed by atoms with E-state index in [2.05, 4.69) is 34.3 Å². The van der Waals surface area contributed by atoms with Gasteiger partial charge in [-0.1, -0.05) is 23.7 Å². The van der Waals surface area contributed by atoms with Crippen LogP contribution in [0.1, 0.15) is 24.1 Å². The maximum absolute atomic E-state index is 13.3. The molecular weight excluding hydrogens is 387 g/mol. The number of halogens is 2. The number of anilines is 1. The molecule has 0 saturated heterocycles. The Labute approximate surface area is 176 Å². The normalized spacial score (nSPS) is 11.1. The zero-order valence-electron chi connectivity index (χ0n) is 16.8. The summed E-state index contributed by atoms with van der Waals surface area (Å²) < 4.78 is 13.3. The molecule has 0 bridgehead atoms. The van der Waals surface area contributed by atoms with Gasteiger partial charge in [-0.05, 0) is 69.7 Å². The number of nitrogens with zero attached hydrogens (tertiary/aromatic N) is 3. The predicted molar refractivity (Wildman–Crippen MR) is 118 cm³/mol. The monoisotopic (exact) mass is 412 g/mol. The summed E-state index contributed by atoms with van der Waals surface area (Å²) in [6.07, 6.45) is 8.39. The highest BCUT2D eigenvalue weighted by atomic mass is 35.5. The molecular formula is C23H26ClFN4. The van der Waals surface area contributed by atoms with Crippen molar-refractivity contribution in [2.45, 2.75) is 25.8 Å². The van der Waals surface area contributed by atoms with Crippen LogP contribution in [0.5, 0.6) is 0 Å². The fourth-order valence-corrected chi connectivity index (χ4v) is 3.32. The van der Waals surface area contributed by atoms with E-state index in [1.165, 1.54) is 12.1 Å². The van der Waals surface area contributed by atoms with Crippen molar-refractivity contribution in [1.29, 1.82) is 0 Å². The molecule has 2 aromatic heterocycles. The van der Waals surface area contributed by atoms with Gasteiger partial charge in [0.25, 0.3) is 0 Å². The first kappa shape index (κ1) is 21.2. The summed E-state index contributed by atoms with van der Waals surface area (Å²) in [5.74, 6) is -0.238. The van der Waals surface area contributed by atoms with Gasteiger partial charge in [0, 0.05) is 42.0 Å². The van der Waals surface area contributed by atoms with Crippen molar-refractivity contribution in [3.05, 3.63) is 77.1 Å². The maximum atomic E-state index is 13.3. The zero-order valence-corrected chi connectivity index (χ0v) is 17.6. The van der Waals surface area contributed by atoms with Crippen LogP contribution in [0, 0.1) is 5.82 Å². The third kappa shape index (κ3) is 6.51. The molecule has 29 heavy (non-hydrogen) atoms. The molecule has 0 spiro atoms. The van der Waals surface area contributed by atoms with Gasteiger partial charge >= 0.3 is 0 Å². The Balaban J connectivity index is 1.69. The largest absolute Gasteiger partial charge is 0.380 e. The summed E-state index contributed by atoms with van der Waals surface area (Å²) in [6, 6.07) is 10.6. The topological polar surface area (TPSA) is 41.1 Å². The average molecular weight is 413 g/mol. The van der Waals surface area contributed by atoms with E-state index in [1.807, 2.05) is 18.2 Å². The highest BCUT2D eigenvalue weighted by molar-refractivity contribution is 6.33. The molecule has 0 aliphatic rings. The molecule has 0 fully saturated rings. The van der Waals surface area contributed by atoms with Crippen molar-refractivity contribution in [1.82, 2.24) is 14.9 Å². The van der Waals surface area contributed by atoms with Crippen LogP contribution in [0.3, 0.4) is 0 Å². The van der Waals surface area contributed by atoms with Crippen LogP contribution in [0.2, 0.25) is 5.02 Å². The highest BCUT2D eigenvalue weighted by Crippen LogP contribution is 2.29. The Morgan fingerprint density at radius 3 is 2.72 bits per heavy atom. The third-order valence-electron chi connectivity index (χ3n) is 4.64. The first-order chi connectivity index (χ1) is 14.0.